The van der Waals surface area contributed by atoms with Crippen LogP contribution in [0.5, 0.6) is 5.88 Å². The summed E-state index contributed by atoms with van der Waals surface area (Å²) in [5, 5.41) is 61.2. The standard InChI is InChI=1S/C33H35N5O6.C11H15N5O6.BBr3/c1-32(43-21-25-16-10-5-11-17-25)28(42-20-24-14-8-4-9-15-24)26(22-41-19-23-12-6-3-7-13-23)44-33(32,39)27-18-35-29-30(40-2)36-31(34)37-38(27)29;1-10(20)6(18)4(3-17)22-11(10,21)5-2-13-7-8(19)14-9(12)15-16(5)7;2-1(3)4/h3-18,26,28,39H,19-22H2,1-2H3,(H2,34,37);2,4,6,17-18,20-21H,3H2,1H3,(H3,12,14,15,19);/t26-,28-,32-,33+;4-,6-,10-,11+;/m11./s1. The summed E-state index contributed by atoms with van der Waals surface area (Å²) in [6.07, 6.45) is -1.83. The smallest absolute Gasteiger partial charge is 0.369 e. The molecule has 6 heterocycles. The minimum absolute atomic E-state index is 0.0678. The van der Waals surface area contributed by atoms with E-state index in [0.29, 0.717) is 6.61 Å². The molecule has 3 aromatic carbocycles. The molecule has 0 aliphatic carbocycles. The van der Waals surface area contributed by atoms with Crippen LogP contribution in [0.1, 0.15) is 41.9 Å². The van der Waals surface area contributed by atoms with Gasteiger partial charge in [-0.05, 0) is 30.5 Å². The Balaban J connectivity index is 0.000000231. The van der Waals surface area contributed by atoms with Crippen LogP contribution in [0.15, 0.2) is 108 Å². The average Bonchev–Trinajstić information content (AvgIpc) is 4.07. The van der Waals surface area contributed by atoms with E-state index < -0.39 is 59.4 Å². The number of hydrogen-bond donors (Lipinski definition) is 8. The van der Waals surface area contributed by atoms with Crippen LogP contribution < -0.4 is 21.8 Å². The predicted molar refractivity (Wildman–Crippen MR) is 264 cm³/mol. The summed E-state index contributed by atoms with van der Waals surface area (Å²) in [4.78, 5) is 26.3. The van der Waals surface area contributed by atoms with E-state index in [1.807, 2.05) is 91.0 Å². The number of aromatic amines is 1. The van der Waals surface area contributed by atoms with Crippen molar-refractivity contribution < 1.29 is 54.0 Å². The van der Waals surface area contributed by atoms with Crippen LogP contribution >= 0.6 is 47.3 Å². The van der Waals surface area contributed by atoms with Crippen molar-refractivity contribution in [3.8, 4) is 5.88 Å². The Morgan fingerprint density at radius 1 is 0.771 bits per heavy atom. The number of methoxy groups -OCH3 is 1. The number of nitrogen functional groups attached to an aromatic ring is 2. The molecular weight excluding hydrogens is 1110 g/mol. The average molecular weight is 1160 g/mol. The molecule has 2 saturated heterocycles. The van der Waals surface area contributed by atoms with Gasteiger partial charge in [0.2, 0.25) is 34.8 Å². The fourth-order valence-electron chi connectivity index (χ4n) is 8.06. The van der Waals surface area contributed by atoms with E-state index in [1.54, 1.807) is 6.92 Å². The predicted octanol–water partition coefficient (Wildman–Crippen LogP) is 2.84. The van der Waals surface area contributed by atoms with Gasteiger partial charge in [-0.3, -0.25) is 9.78 Å². The van der Waals surface area contributed by atoms with Crippen LogP contribution in [-0.4, -0.2) is 124 Å². The highest BCUT2D eigenvalue weighted by Crippen LogP contribution is 2.50. The number of rotatable bonds is 14. The first kappa shape index (κ1) is 52.9. The lowest BCUT2D eigenvalue weighted by Crippen LogP contribution is -2.55. The number of nitrogens with zero attached hydrogens (tertiary/aromatic N) is 7. The second kappa shape index (κ2) is 22.2. The molecule has 10 N–H and O–H groups in total. The first-order valence-electron chi connectivity index (χ1n) is 21.4. The Kier molecular flexibility index (Phi) is 16.8. The lowest BCUT2D eigenvalue weighted by Gasteiger charge is -2.39. The summed E-state index contributed by atoms with van der Waals surface area (Å²) in [6, 6.07) is 29.3. The van der Waals surface area contributed by atoms with E-state index in [9.17, 15) is 30.3 Å². The molecule has 7 aromatic rings. The van der Waals surface area contributed by atoms with Crippen molar-refractivity contribution in [2.24, 2.45) is 0 Å². The number of imidazole rings is 2. The summed E-state index contributed by atoms with van der Waals surface area (Å²) < 4.78 is 39.0. The SMILES string of the molecule is BrB(Br)Br.COc1nc(N)nn2c([C@]3(O)O[C@H](COCc4ccccc4)[C@@H](OCc4ccccc4)[C@@]3(C)OCc3ccccc3)cnc12.C[C@@]1(O)[C@H](O)[C@@H](CO)O[C@@]1(O)c1cnc2c(=O)[nH]c(N)nn12. The van der Waals surface area contributed by atoms with Crippen molar-refractivity contribution in [1.82, 2.24) is 39.2 Å². The third-order valence-corrected chi connectivity index (χ3v) is 11.7. The van der Waals surface area contributed by atoms with Gasteiger partial charge in [0.05, 0.1) is 52.5 Å². The molecule has 0 saturated carbocycles. The lowest BCUT2D eigenvalue weighted by molar-refractivity contribution is -0.294. The highest BCUT2D eigenvalue weighted by atomic mass is 79.9. The fraction of sp³-hybridized carbons (Fsp3) is 0.364. The zero-order chi connectivity index (χ0) is 50.4. The topological polar surface area (TPSA) is 315 Å². The van der Waals surface area contributed by atoms with Gasteiger partial charge in [-0.1, -0.05) is 91.0 Å². The maximum absolute atomic E-state index is 12.7. The van der Waals surface area contributed by atoms with Gasteiger partial charge in [0.1, 0.15) is 41.4 Å². The van der Waals surface area contributed by atoms with Gasteiger partial charge in [0, 0.05) is 0 Å². The molecular formula is C44H50BBr3N10O12. The van der Waals surface area contributed by atoms with Crippen molar-refractivity contribution in [2.45, 2.75) is 80.9 Å². The number of hydrogen-bond acceptors (Lipinski definition) is 19. The van der Waals surface area contributed by atoms with E-state index in [-0.39, 0.29) is 63.5 Å². The van der Waals surface area contributed by atoms with Gasteiger partial charge in [-0.2, -0.15) is 4.98 Å². The van der Waals surface area contributed by atoms with Gasteiger partial charge in [-0.15, -0.1) is 57.5 Å². The van der Waals surface area contributed by atoms with Gasteiger partial charge in [-0.25, -0.2) is 19.0 Å². The molecule has 0 radical (unpaired) electrons. The summed E-state index contributed by atoms with van der Waals surface area (Å²) in [5.41, 5.74) is 10.1. The molecule has 0 bridgehead atoms. The molecule has 2 fully saturated rings. The Morgan fingerprint density at radius 3 is 1.84 bits per heavy atom. The number of aromatic nitrogens is 8. The van der Waals surface area contributed by atoms with Gasteiger partial charge >= 0.3 is 3.18 Å². The second-order valence-corrected chi connectivity index (χ2v) is 22.7. The Morgan fingerprint density at radius 2 is 1.29 bits per heavy atom. The molecule has 0 spiro atoms. The molecule has 70 heavy (non-hydrogen) atoms. The Labute approximate surface area is 424 Å². The van der Waals surface area contributed by atoms with Crippen molar-refractivity contribution in [3.63, 3.8) is 0 Å². The second-order valence-electron chi connectivity index (χ2n) is 16.3. The van der Waals surface area contributed by atoms with Crippen LogP contribution in [-0.2, 0) is 55.1 Å². The molecule has 9 rings (SSSR count). The summed E-state index contributed by atoms with van der Waals surface area (Å²) in [7, 11) is 1.46. The quantitative estimate of drug-likeness (QED) is 0.0726. The number of fused-ring (bicyclic) bond motifs is 2. The van der Waals surface area contributed by atoms with Crippen molar-refractivity contribution in [2.75, 3.05) is 31.8 Å². The molecule has 4 aromatic heterocycles. The number of benzene rings is 3. The molecule has 26 heteroatoms. The zero-order valence-electron chi connectivity index (χ0n) is 37.8. The third-order valence-electron chi connectivity index (χ3n) is 11.7. The largest absolute Gasteiger partial charge is 0.478 e. The highest BCUT2D eigenvalue weighted by molar-refractivity contribution is 9.69. The highest BCUT2D eigenvalue weighted by Gasteiger charge is 2.67. The first-order chi connectivity index (χ1) is 33.4. The molecule has 372 valence electrons. The minimum atomic E-state index is -2.45. The number of ether oxygens (including phenoxy) is 6. The maximum atomic E-state index is 12.7. The monoisotopic (exact) mass is 1160 g/mol. The third kappa shape index (κ3) is 10.8. The molecule has 2 aliphatic rings. The van der Waals surface area contributed by atoms with E-state index >= 15 is 0 Å². The zero-order valence-corrected chi connectivity index (χ0v) is 42.5. The number of H-pyrrole nitrogens is 1. The number of aliphatic hydroxyl groups excluding tert-OH is 2. The van der Waals surface area contributed by atoms with Crippen molar-refractivity contribution in [3.05, 3.63) is 142 Å². The van der Waals surface area contributed by atoms with Gasteiger partial charge in [0.15, 0.2) is 5.60 Å². The molecule has 0 unspecified atom stereocenters. The Hall–Kier alpha value is -4.94. The van der Waals surface area contributed by atoms with Crippen molar-refractivity contribution >= 4 is 73.6 Å². The summed E-state index contributed by atoms with van der Waals surface area (Å²) in [5.74, 6) is -4.72. The Bertz CT molecular complexity index is 2890. The number of anilines is 2. The van der Waals surface area contributed by atoms with Crippen LogP contribution in [0.3, 0.4) is 0 Å². The van der Waals surface area contributed by atoms with E-state index in [1.165, 1.54) is 17.8 Å². The minimum Gasteiger partial charge on any atom is -0.478 e. The first-order valence-corrected chi connectivity index (χ1v) is 24.1. The van der Waals surface area contributed by atoms with Gasteiger partial charge in [0.25, 0.3) is 11.4 Å². The normalized spacial score (nSPS) is 26.1. The fourth-order valence-corrected chi connectivity index (χ4v) is 8.06. The molecule has 2 aliphatic heterocycles. The number of nitrogens with two attached hydrogens (primary N) is 2. The van der Waals surface area contributed by atoms with Crippen LogP contribution in [0.25, 0.3) is 11.3 Å². The van der Waals surface area contributed by atoms with Crippen molar-refractivity contribution in [1.29, 1.82) is 0 Å². The summed E-state index contributed by atoms with van der Waals surface area (Å²) in [6.45, 7) is 3.14. The number of aliphatic hydroxyl groups is 5. The molecule has 0 amide bonds. The lowest BCUT2D eigenvalue weighted by atomic mass is 9.87. The number of halogens is 3. The van der Waals surface area contributed by atoms with Crippen LogP contribution in [0.4, 0.5) is 11.9 Å². The maximum Gasteiger partial charge on any atom is 0.369 e. The molecule has 22 nitrogen and oxygen atoms in total. The molecule has 8 atom stereocenters. The van der Waals surface area contributed by atoms with Crippen LogP contribution in [0, 0.1) is 0 Å². The van der Waals surface area contributed by atoms with E-state index in [4.69, 9.17) is 39.9 Å². The van der Waals surface area contributed by atoms with E-state index in [2.05, 4.69) is 77.4 Å². The van der Waals surface area contributed by atoms with Gasteiger partial charge < -0.3 is 65.4 Å². The van der Waals surface area contributed by atoms with Crippen LogP contribution in [0.2, 0.25) is 0 Å². The summed E-state index contributed by atoms with van der Waals surface area (Å²) >= 11 is 9.31. The van der Waals surface area contributed by atoms with E-state index in [0.717, 1.165) is 34.3 Å². The number of nitrogens with one attached hydrogen (secondary N) is 1.